The van der Waals surface area contributed by atoms with Gasteiger partial charge in [0.15, 0.2) is 0 Å². The molecule has 2 aliphatic rings. The molecule has 3 atom stereocenters. The molecule has 0 fully saturated rings. The molecule has 0 aromatic heterocycles. The predicted molar refractivity (Wildman–Crippen MR) is 73.0 cm³/mol. The summed E-state index contributed by atoms with van der Waals surface area (Å²) >= 11 is 5.55. The number of halogens is 1. The molecule has 0 saturated carbocycles. The van der Waals surface area contributed by atoms with E-state index < -0.39 is 25.9 Å². The normalized spacial score (nSPS) is 25.9. The van der Waals surface area contributed by atoms with Crippen LogP contribution in [0.1, 0.15) is 11.7 Å². The van der Waals surface area contributed by atoms with E-state index in [0.717, 1.165) is 11.0 Å². The van der Waals surface area contributed by atoms with Crippen molar-refractivity contribution in [3.05, 3.63) is 23.8 Å². The highest BCUT2D eigenvalue weighted by Gasteiger charge is 2.44. The van der Waals surface area contributed by atoms with Crippen molar-refractivity contribution < 1.29 is 24.3 Å². The summed E-state index contributed by atoms with van der Waals surface area (Å²) in [7, 11) is -0.620. The monoisotopic (exact) mass is 299 g/mol. The van der Waals surface area contributed by atoms with Crippen LogP contribution in [0.4, 0.5) is 0 Å². The fraction of sp³-hybridized carbons (Fsp3) is 0.500. The molecule has 0 amide bonds. The maximum atomic E-state index is 9.74. The molecule has 6 nitrogen and oxygen atoms in total. The van der Waals surface area contributed by atoms with Crippen molar-refractivity contribution in [1.82, 2.24) is 4.84 Å². The molecule has 0 spiro atoms. The van der Waals surface area contributed by atoms with Crippen LogP contribution in [0.15, 0.2) is 18.2 Å². The fourth-order valence-corrected chi connectivity index (χ4v) is 2.67. The second kappa shape index (κ2) is 5.89. The molecule has 1 unspecified atom stereocenters. The van der Waals surface area contributed by atoms with Gasteiger partial charge in [-0.1, -0.05) is 12.1 Å². The van der Waals surface area contributed by atoms with Crippen molar-refractivity contribution in [2.24, 2.45) is 0 Å². The Hall–Kier alpha value is -0.825. The third-order valence-corrected chi connectivity index (χ3v) is 3.70. The van der Waals surface area contributed by atoms with Crippen LogP contribution in [0.3, 0.4) is 0 Å². The Labute approximate surface area is 121 Å². The Bertz CT molecular complexity index is 491. The van der Waals surface area contributed by atoms with Crippen LogP contribution in [0.5, 0.6) is 5.75 Å². The lowest BCUT2D eigenvalue weighted by Crippen LogP contribution is -2.42. The average Bonchev–Trinajstić information content (AvgIpc) is 2.70. The molecule has 0 radical (unpaired) electrons. The number of aliphatic hydroxyl groups is 2. The SMILES string of the molecule is OC[C@H](O)[C@@H]1COc2cccc3c2B(OC3CNCl)O1. The molecule has 0 bridgehead atoms. The minimum Gasteiger partial charge on any atom is -0.491 e. The van der Waals surface area contributed by atoms with E-state index in [1.165, 1.54) is 0 Å². The summed E-state index contributed by atoms with van der Waals surface area (Å²) in [4.78, 5) is 2.56. The van der Waals surface area contributed by atoms with Gasteiger partial charge in [-0.2, -0.15) is 0 Å². The number of rotatable bonds is 4. The molecule has 2 heterocycles. The molecule has 0 saturated heterocycles. The molecule has 0 aliphatic carbocycles. The van der Waals surface area contributed by atoms with Crippen LogP contribution < -0.4 is 15.0 Å². The smallest absolute Gasteiger partial charge is 0.491 e. The number of nitrogens with one attached hydrogen (secondary N) is 1. The molecule has 20 heavy (non-hydrogen) atoms. The van der Waals surface area contributed by atoms with Crippen LogP contribution in [0, 0.1) is 0 Å². The lowest BCUT2D eigenvalue weighted by molar-refractivity contribution is -0.0300. The van der Waals surface area contributed by atoms with E-state index in [1.807, 2.05) is 18.2 Å². The van der Waals surface area contributed by atoms with Gasteiger partial charge in [0.2, 0.25) is 0 Å². The van der Waals surface area contributed by atoms with Crippen molar-refractivity contribution in [3.8, 4) is 5.75 Å². The highest BCUT2D eigenvalue weighted by Crippen LogP contribution is 2.31. The van der Waals surface area contributed by atoms with Gasteiger partial charge < -0.3 is 24.3 Å². The standard InChI is InChI=1S/C12H15BClNO5/c14-15-4-10-7-2-1-3-9-12(7)13(19-10)20-11(6-18-9)8(17)5-16/h1-3,8,10-11,15-17H,4-6H2/t8-,10?,11-/m0/s1. The molecule has 8 heteroatoms. The van der Waals surface area contributed by atoms with Gasteiger partial charge in [-0.3, -0.25) is 0 Å². The Morgan fingerprint density at radius 3 is 3.05 bits per heavy atom. The van der Waals surface area contributed by atoms with E-state index in [2.05, 4.69) is 4.84 Å². The lowest BCUT2D eigenvalue weighted by Gasteiger charge is -2.22. The van der Waals surface area contributed by atoms with Crippen LogP contribution >= 0.6 is 11.8 Å². The molecule has 3 rings (SSSR count). The summed E-state index contributed by atoms with van der Waals surface area (Å²) in [6.45, 7) is 0.207. The van der Waals surface area contributed by atoms with Gasteiger partial charge in [0.1, 0.15) is 24.6 Å². The minimum absolute atomic E-state index is 0.163. The van der Waals surface area contributed by atoms with Crippen molar-refractivity contribution >= 4 is 24.4 Å². The first kappa shape index (κ1) is 14.1. The first-order valence-electron chi connectivity index (χ1n) is 6.43. The van der Waals surface area contributed by atoms with Crippen molar-refractivity contribution in [3.63, 3.8) is 0 Å². The van der Waals surface area contributed by atoms with Gasteiger partial charge in [-0.15, -0.1) is 0 Å². The Kier molecular flexibility index (Phi) is 4.16. The zero-order chi connectivity index (χ0) is 14.1. The maximum absolute atomic E-state index is 9.74. The molecule has 2 aliphatic heterocycles. The molecule has 108 valence electrons. The second-order valence-electron chi connectivity index (χ2n) is 4.79. The third-order valence-electron chi connectivity index (χ3n) is 3.55. The van der Waals surface area contributed by atoms with Gasteiger partial charge in [0.05, 0.1) is 12.7 Å². The summed E-state index contributed by atoms with van der Waals surface area (Å²) in [5, 5.41) is 18.8. The van der Waals surface area contributed by atoms with Gasteiger partial charge >= 0.3 is 7.12 Å². The van der Waals surface area contributed by atoms with E-state index in [9.17, 15) is 5.11 Å². The van der Waals surface area contributed by atoms with Crippen LogP contribution in [0.25, 0.3) is 0 Å². The minimum atomic E-state index is -1.01. The van der Waals surface area contributed by atoms with E-state index in [-0.39, 0.29) is 12.7 Å². The van der Waals surface area contributed by atoms with Gasteiger partial charge in [-0.25, -0.2) is 4.84 Å². The average molecular weight is 300 g/mol. The van der Waals surface area contributed by atoms with E-state index in [0.29, 0.717) is 12.3 Å². The summed E-state index contributed by atoms with van der Waals surface area (Å²) in [5.41, 5.74) is 1.79. The first-order chi connectivity index (χ1) is 9.74. The predicted octanol–water partition coefficient (Wildman–Crippen LogP) is -0.673. The summed E-state index contributed by atoms with van der Waals surface area (Å²) in [5.74, 6) is 0.678. The molecule has 3 N–H and O–H groups in total. The van der Waals surface area contributed by atoms with Gasteiger partial charge in [0.25, 0.3) is 0 Å². The Balaban J connectivity index is 1.91. The first-order valence-corrected chi connectivity index (χ1v) is 6.81. The lowest BCUT2D eigenvalue weighted by atomic mass is 9.77. The number of benzene rings is 1. The fourth-order valence-electron chi connectivity index (χ4n) is 2.53. The van der Waals surface area contributed by atoms with E-state index >= 15 is 0 Å². The molecule has 1 aromatic rings. The zero-order valence-corrected chi connectivity index (χ0v) is 11.4. The van der Waals surface area contributed by atoms with E-state index in [4.69, 9.17) is 30.9 Å². The molecular formula is C12H15BClNO5. The number of ether oxygens (including phenoxy) is 1. The quantitative estimate of drug-likeness (QED) is 0.505. The van der Waals surface area contributed by atoms with Gasteiger partial charge in [0, 0.05) is 12.0 Å². The molecular weight excluding hydrogens is 284 g/mol. The zero-order valence-electron chi connectivity index (χ0n) is 10.7. The summed E-state index contributed by atoms with van der Waals surface area (Å²) < 4.78 is 17.2. The highest BCUT2D eigenvalue weighted by molar-refractivity contribution is 6.64. The van der Waals surface area contributed by atoms with Crippen LogP contribution in [-0.2, 0) is 9.31 Å². The summed E-state index contributed by atoms with van der Waals surface area (Å²) in [6, 6.07) is 5.65. The van der Waals surface area contributed by atoms with Crippen LogP contribution in [0.2, 0.25) is 0 Å². The topological polar surface area (TPSA) is 80.2 Å². The van der Waals surface area contributed by atoms with Crippen molar-refractivity contribution in [1.29, 1.82) is 0 Å². The van der Waals surface area contributed by atoms with Crippen molar-refractivity contribution in [2.45, 2.75) is 18.3 Å². The second-order valence-corrected chi connectivity index (χ2v) is 5.06. The summed E-state index contributed by atoms with van der Waals surface area (Å²) in [6.07, 6.45) is -1.89. The van der Waals surface area contributed by atoms with Gasteiger partial charge in [-0.05, 0) is 23.4 Å². The Morgan fingerprint density at radius 2 is 2.30 bits per heavy atom. The van der Waals surface area contributed by atoms with Crippen molar-refractivity contribution in [2.75, 3.05) is 19.8 Å². The molecule has 1 aromatic carbocycles. The number of hydrogen-bond acceptors (Lipinski definition) is 6. The van der Waals surface area contributed by atoms with E-state index in [1.54, 1.807) is 0 Å². The third kappa shape index (κ3) is 2.41. The number of aliphatic hydroxyl groups excluding tert-OH is 2. The Morgan fingerprint density at radius 1 is 1.45 bits per heavy atom. The highest BCUT2D eigenvalue weighted by atomic mass is 35.5. The largest absolute Gasteiger partial charge is 0.498 e. The van der Waals surface area contributed by atoms with Crippen LogP contribution in [-0.4, -0.2) is 49.3 Å². The maximum Gasteiger partial charge on any atom is 0.498 e. The number of hydrogen-bond donors (Lipinski definition) is 3.